The minimum atomic E-state index is -0.0608. The molecule has 4 aromatic rings. The Morgan fingerprint density at radius 2 is 1.69 bits per heavy atom. The van der Waals surface area contributed by atoms with E-state index in [1.807, 2.05) is 73.7 Å². The van der Waals surface area contributed by atoms with Gasteiger partial charge in [0.15, 0.2) is 11.5 Å². The first kappa shape index (κ1) is 21.4. The van der Waals surface area contributed by atoms with Crippen molar-refractivity contribution in [1.29, 1.82) is 0 Å². The number of nitrogens with zero attached hydrogens (tertiary/aromatic N) is 2. The summed E-state index contributed by atoms with van der Waals surface area (Å²) in [7, 11) is 3.26. The lowest BCUT2D eigenvalue weighted by molar-refractivity contribution is 0.282. The molecule has 1 heterocycles. The van der Waals surface area contributed by atoms with E-state index in [2.05, 4.69) is 0 Å². The molecule has 1 aromatic heterocycles. The fourth-order valence-electron chi connectivity index (χ4n) is 3.63. The van der Waals surface area contributed by atoms with Gasteiger partial charge in [0.05, 0.1) is 31.7 Å². The molecule has 0 aliphatic heterocycles. The number of rotatable bonds is 8. The molecule has 164 valence electrons. The maximum absolute atomic E-state index is 13.3. The van der Waals surface area contributed by atoms with E-state index in [1.165, 1.54) is 0 Å². The molecule has 0 fully saturated rings. The predicted octanol–water partition coefficient (Wildman–Crippen LogP) is 4.86. The Balaban J connectivity index is 1.60. The van der Waals surface area contributed by atoms with E-state index in [1.54, 1.807) is 18.8 Å². The highest BCUT2D eigenvalue weighted by molar-refractivity contribution is 5.79. The second-order valence-corrected chi connectivity index (χ2v) is 7.49. The first-order valence-corrected chi connectivity index (χ1v) is 10.5. The first-order chi connectivity index (χ1) is 15.6. The van der Waals surface area contributed by atoms with Crippen molar-refractivity contribution >= 4 is 10.9 Å². The van der Waals surface area contributed by atoms with Crippen LogP contribution in [0.15, 0.2) is 71.5 Å². The molecule has 0 N–H and O–H groups in total. The molecule has 0 aliphatic rings. The van der Waals surface area contributed by atoms with Gasteiger partial charge in [0, 0.05) is 12.1 Å². The van der Waals surface area contributed by atoms with Gasteiger partial charge >= 0.3 is 0 Å². The van der Waals surface area contributed by atoms with Gasteiger partial charge in [-0.3, -0.25) is 9.36 Å². The molecule has 6 heteroatoms. The van der Waals surface area contributed by atoms with Gasteiger partial charge in [-0.05, 0) is 67.4 Å². The van der Waals surface area contributed by atoms with Crippen molar-refractivity contribution in [3.05, 3.63) is 82.6 Å². The average Bonchev–Trinajstić information content (AvgIpc) is 2.83. The van der Waals surface area contributed by atoms with Crippen molar-refractivity contribution in [2.75, 3.05) is 20.8 Å². The lowest BCUT2D eigenvalue weighted by Gasteiger charge is -2.15. The number of benzene rings is 3. The molecular formula is C26H26N2O4. The smallest absolute Gasteiger partial charge is 0.261 e. The summed E-state index contributed by atoms with van der Waals surface area (Å²) >= 11 is 0. The maximum Gasteiger partial charge on any atom is 0.261 e. The zero-order chi connectivity index (χ0) is 22.5. The third kappa shape index (κ3) is 4.44. The van der Waals surface area contributed by atoms with Gasteiger partial charge in [-0.2, -0.15) is 0 Å². The minimum absolute atomic E-state index is 0.0608. The molecule has 0 atom stereocenters. The van der Waals surface area contributed by atoms with Crippen molar-refractivity contribution < 1.29 is 14.2 Å². The van der Waals surface area contributed by atoms with Gasteiger partial charge in [-0.25, -0.2) is 4.98 Å². The number of aryl methyl sites for hydroxylation is 1. The second-order valence-electron chi connectivity index (χ2n) is 7.49. The van der Waals surface area contributed by atoms with Crippen LogP contribution in [0, 0.1) is 6.92 Å². The largest absolute Gasteiger partial charge is 0.497 e. The van der Waals surface area contributed by atoms with Gasteiger partial charge < -0.3 is 14.2 Å². The lowest BCUT2D eigenvalue weighted by atomic mass is 10.1. The summed E-state index contributed by atoms with van der Waals surface area (Å²) in [5, 5.41) is 0.603. The summed E-state index contributed by atoms with van der Waals surface area (Å²) in [6.07, 6.45) is 0.639. The Morgan fingerprint density at radius 3 is 2.44 bits per heavy atom. The van der Waals surface area contributed by atoms with Crippen LogP contribution in [0.3, 0.4) is 0 Å². The molecule has 3 aromatic carbocycles. The standard InChI is InChI=1S/C26H26N2O4/c1-18-9-14-23(24(17-18)31-3)32-16-6-15-28-25(19-10-12-20(30-2)13-11-19)27-22-8-5-4-7-21(22)26(28)29/h4-5,7-14,17H,6,15-16H2,1-3H3. The summed E-state index contributed by atoms with van der Waals surface area (Å²) < 4.78 is 18.3. The van der Waals surface area contributed by atoms with Gasteiger partial charge in [-0.15, -0.1) is 0 Å². The van der Waals surface area contributed by atoms with Crippen LogP contribution in [0.2, 0.25) is 0 Å². The first-order valence-electron chi connectivity index (χ1n) is 10.5. The van der Waals surface area contributed by atoms with Crippen molar-refractivity contribution in [2.45, 2.75) is 19.9 Å². The zero-order valence-electron chi connectivity index (χ0n) is 18.5. The highest BCUT2D eigenvalue weighted by Crippen LogP contribution is 2.28. The molecule has 0 saturated carbocycles. The predicted molar refractivity (Wildman–Crippen MR) is 126 cm³/mol. The van der Waals surface area contributed by atoms with Crippen LogP contribution >= 0.6 is 0 Å². The number of para-hydroxylation sites is 1. The van der Waals surface area contributed by atoms with E-state index in [-0.39, 0.29) is 5.56 Å². The number of fused-ring (bicyclic) bond motifs is 1. The van der Waals surface area contributed by atoms with Crippen molar-refractivity contribution in [3.63, 3.8) is 0 Å². The number of methoxy groups -OCH3 is 2. The summed E-state index contributed by atoms with van der Waals surface area (Å²) in [5.74, 6) is 2.78. The molecule has 0 amide bonds. The van der Waals surface area contributed by atoms with E-state index in [0.717, 1.165) is 16.9 Å². The van der Waals surface area contributed by atoms with Gasteiger partial charge in [0.25, 0.3) is 5.56 Å². The van der Waals surface area contributed by atoms with Crippen LogP contribution in [0.4, 0.5) is 0 Å². The molecule has 0 saturated heterocycles. The van der Waals surface area contributed by atoms with E-state index in [9.17, 15) is 4.79 Å². The molecule has 0 radical (unpaired) electrons. The van der Waals surface area contributed by atoms with E-state index in [0.29, 0.717) is 47.8 Å². The Bertz CT molecular complexity index is 1280. The number of aromatic nitrogens is 2. The molecule has 32 heavy (non-hydrogen) atoms. The van der Waals surface area contributed by atoms with E-state index in [4.69, 9.17) is 19.2 Å². The van der Waals surface area contributed by atoms with E-state index >= 15 is 0 Å². The van der Waals surface area contributed by atoms with Crippen molar-refractivity contribution in [1.82, 2.24) is 9.55 Å². The van der Waals surface area contributed by atoms with Crippen LogP contribution < -0.4 is 19.8 Å². The quantitative estimate of drug-likeness (QED) is 0.374. The summed E-state index contributed by atoms with van der Waals surface area (Å²) in [5.41, 5.74) is 2.58. The highest BCUT2D eigenvalue weighted by Gasteiger charge is 2.13. The molecule has 4 rings (SSSR count). The SMILES string of the molecule is COc1ccc(-c2nc3ccccc3c(=O)n2CCCOc2ccc(C)cc2OC)cc1. The van der Waals surface area contributed by atoms with E-state index < -0.39 is 0 Å². The van der Waals surface area contributed by atoms with Crippen LogP contribution in [-0.4, -0.2) is 30.4 Å². The van der Waals surface area contributed by atoms with Crippen LogP contribution in [0.1, 0.15) is 12.0 Å². The molecule has 0 spiro atoms. The fraction of sp³-hybridized carbons (Fsp3) is 0.231. The third-order valence-corrected chi connectivity index (χ3v) is 5.31. The van der Waals surface area contributed by atoms with Gasteiger partial charge in [0.2, 0.25) is 0 Å². The van der Waals surface area contributed by atoms with Gasteiger partial charge in [0.1, 0.15) is 11.6 Å². The molecular weight excluding hydrogens is 404 g/mol. The number of hydrogen-bond acceptors (Lipinski definition) is 5. The highest BCUT2D eigenvalue weighted by atomic mass is 16.5. The van der Waals surface area contributed by atoms with Crippen LogP contribution in [0.25, 0.3) is 22.3 Å². The molecule has 0 aliphatic carbocycles. The van der Waals surface area contributed by atoms with Crippen molar-refractivity contribution in [3.8, 4) is 28.6 Å². The number of ether oxygens (including phenoxy) is 3. The topological polar surface area (TPSA) is 62.6 Å². The van der Waals surface area contributed by atoms with Crippen molar-refractivity contribution in [2.24, 2.45) is 0 Å². The Kier molecular flexibility index (Phi) is 6.40. The van der Waals surface area contributed by atoms with Gasteiger partial charge in [-0.1, -0.05) is 18.2 Å². The summed E-state index contributed by atoms with van der Waals surface area (Å²) in [6, 6.07) is 20.8. The summed E-state index contributed by atoms with van der Waals surface area (Å²) in [6.45, 7) is 2.93. The Hall–Kier alpha value is -3.80. The molecule has 0 unspecified atom stereocenters. The molecule has 0 bridgehead atoms. The summed E-state index contributed by atoms with van der Waals surface area (Å²) in [4.78, 5) is 18.1. The third-order valence-electron chi connectivity index (χ3n) is 5.31. The lowest BCUT2D eigenvalue weighted by Crippen LogP contribution is -2.24. The zero-order valence-corrected chi connectivity index (χ0v) is 18.5. The second kappa shape index (κ2) is 9.56. The minimum Gasteiger partial charge on any atom is -0.497 e. The maximum atomic E-state index is 13.3. The van der Waals surface area contributed by atoms with Crippen LogP contribution in [0.5, 0.6) is 17.2 Å². The number of hydrogen-bond donors (Lipinski definition) is 0. The monoisotopic (exact) mass is 430 g/mol. The Morgan fingerprint density at radius 1 is 0.906 bits per heavy atom. The average molecular weight is 431 g/mol. The Labute approximate surface area is 187 Å². The van der Waals surface area contributed by atoms with Crippen LogP contribution in [-0.2, 0) is 6.54 Å². The fourth-order valence-corrected chi connectivity index (χ4v) is 3.63. The molecule has 6 nitrogen and oxygen atoms in total. The normalized spacial score (nSPS) is 10.8.